The molecule has 0 aliphatic heterocycles. The smallest absolute Gasteiger partial charge is 0.258 e. The van der Waals surface area contributed by atoms with Gasteiger partial charge in [0.15, 0.2) is 0 Å². The number of hydrogen-bond donors (Lipinski definition) is 0. The molecule has 0 aromatic heterocycles. The molecule has 0 saturated carbocycles. The third kappa shape index (κ3) is 2.35. The first-order chi connectivity index (χ1) is 11.1. The fourth-order valence-electron chi connectivity index (χ4n) is 3.98. The van der Waals surface area contributed by atoms with Gasteiger partial charge in [-0.3, -0.25) is 20.2 Å². The highest BCUT2D eigenvalue weighted by Gasteiger charge is 2.46. The summed E-state index contributed by atoms with van der Waals surface area (Å²) in [6.07, 6.45) is 0.786. The van der Waals surface area contributed by atoms with Gasteiger partial charge >= 0.3 is 0 Å². The van der Waals surface area contributed by atoms with Crippen LogP contribution < -0.4 is 0 Å². The molecule has 1 aliphatic carbocycles. The number of nitro benzene ring substituents is 2. The van der Waals surface area contributed by atoms with Crippen molar-refractivity contribution in [3.63, 3.8) is 0 Å². The number of fused-ring (bicyclic) bond motifs is 1. The molecule has 0 spiro atoms. The van der Waals surface area contributed by atoms with Crippen molar-refractivity contribution < 1.29 is 9.85 Å². The van der Waals surface area contributed by atoms with Gasteiger partial charge in [0.25, 0.3) is 11.4 Å². The lowest BCUT2D eigenvalue weighted by molar-refractivity contribution is -0.385. The lowest BCUT2D eigenvalue weighted by Crippen LogP contribution is -2.23. The second kappa shape index (κ2) is 5.12. The molecule has 0 saturated heterocycles. The molecule has 0 N–H and O–H groups in total. The third-order valence-corrected chi connectivity index (χ3v) is 5.05. The van der Waals surface area contributed by atoms with Crippen LogP contribution in [0.5, 0.6) is 0 Å². The number of non-ortho nitro benzene ring substituents is 2. The first-order valence-electron chi connectivity index (χ1n) is 7.69. The van der Waals surface area contributed by atoms with Gasteiger partial charge in [-0.2, -0.15) is 0 Å². The van der Waals surface area contributed by atoms with E-state index in [1.807, 2.05) is 13.0 Å². The Hall–Kier alpha value is -2.76. The summed E-state index contributed by atoms with van der Waals surface area (Å²) in [5.41, 5.74) is 2.52. The number of rotatable bonds is 3. The fraction of sp³-hybridized carbons (Fsp3) is 0.333. The van der Waals surface area contributed by atoms with E-state index < -0.39 is 10.3 Å². The van der Waals surface area contributed by atoms with Crippen molar-refractivity contribution in [1.82, 2.24) is 0 Å². The summed E-state index contributed by atoms with van der Waals surface area (Å²) in [5, 5.41) is 22.0. The van der Waals surface area contributed by atoms with E-state index in [0.29, 0.717) is 0 Å². The zero-order valence-electron chi connectivity index (χ0n) is 13.8. The highest BCUT2D eigenvalue weighted by molar-refractivity contribution is 5.56. The van der Waals surface area contributed by atoms with Crippen molar-refractivity contribution in [2.75, 3.05) is 0 Å². The molecule has 24 heavy (non-hydrogen) atoms. The largest absolute Gasteiger partial charge is 0.269 e. The first kappa shape index (κ1) is 16.1. The summed E-state index contributed by atoms with van der Waals surface area (Å²) in [4.78, 5) is 21.2. The molecule has 0 fully saturated rings. The zero-order chi connectivity index (χ0) is 17.7. The number of nitrogens with zero attached hydrogens (tertiary/aromatic N) is 2. The average molecular weight is 326 g/mol. The van der Waals surface area contributed by atoms with E-state index in [-0.39, 0.29) is 21.7 Å². The van der Waals surface area contributed by atoms with Crippen LogP contribution in [0.3, 0.4) is 0 Å². The van der Waals surface area contributed by atoms with Crippen molar-refractivity contribution >= 4 is 11.4 Å². The van der Waals surface area contributed by atoms with Crippen molar-refractivity contribution in [2.45, 2.75) is 38.0 Å². The Morgan fingerprint density at radius 3 is 1.92 bits per heavy atom. The van der Waals surface area contributed by atoms with Crippen LogP contribution in [0.4, 0.5) is 11.4 Å². The normalized spacial score (nSPS) is 21.3. The minimum Gasteiger partial charge on any atom is -0.258 e. The van der Waals surface area contributed by atoms with Crippen LogP contribution in [-0.4, -0.2) is 9.85 Å². The number of nitro groups is 2. The van der Waals surface area contributed by atoms with E-state index in [4.69, 9.17) is 0 Å². The molecule has 124 valence electrons. The van der Waals surface area contributed by atoms with Crippen molar-refractivity contribution in [3.05, 3.63) is 79.4 Å². The zero-order valence-corrected chi connectivity index (χ0v) is 13.8. The van der Waals surface area contributed by atoms with Gasteiger partial charge in [-0.05, 0) is 28.5 Å². The maximum Gasteiger partial charge on any atom is 0.269 e. The van der Waals surface area contributed by atoms with Crippen LogP contribution in [-0.2, 0) is 10.8 Å². The quantitative estimate of drug-likeness (QED) is 0.614. The molecule has 6 heteroatoms. The average Bonchev–Trinajstić information content (AvgIpc) is 2.74. The van der Waals surface area contributed by atoms with Crippen molar-refractivity contribution in [2.24, 2.45) is 0 Å². The molecule has 2 aromatic carbocycles. The molecule has 3 rings (SSSR count). The maximum atomic E-state index is 11.2. The summed E-state index contributed by atoms with van der Waals surface area (Å²) in [7, 11) is 0. The van der Waals surface area contributed by atoms with E-state index in [0.717, 1.165) is 23.1 Å². The van der Waals surface area contributed by atoms with Crippen LogP contribution in [0.15, 0.2) is 42.5 Å². The Labute approximate surface area is 139 Å². The lowest BCUT2D eigenvalue weighted by atomic mass is 9.75. The SMILES string of the molecule is CC1(C)CC(C)(c2ccc([N+](=O)[O-])cc2)c2cc([N+](=O)[O-])ccc21. The first-order valence-corrected chi connectivity index (χ1v) is 7.69. The van der Waals surface area contributed by atoms with Gasteiger partial charge in [0.2, 0.25) is 0 Å². The molecule has 1 unspecified atom stereocenters. The standard InChI is InChI=1S/C18H18N2O4/c1-17(2)11-18(3,12-4-6-13(7-5-12)19(21)22)16-10-14(20(23)24)8-9-15(16)17/h4-10H,11H2,1-3H3. The second-order valence-corrected chi connectivity index (χ2v) is 7.18. The predicted octanol–water partition coefficient (Wildman–Crippen LogP) is 4.49. The van der Waals surface area contributed by atoms with Gasteiger partial charge in [-0.25, -0.2) is 0 Å². The van der Waals surface area contributed by atoms with Crippen LogP contribution >= 0.6 is 0 Å². The van der Waals surface area contributed by atoms with E-state index in [1.165, 1.54) is 12.1 Å². The fourth-order valence-corrected chi connectivity index (χ4v) is 3.98. The summed E-state index contributed by atoms with van der Waals surface area (Å²) in [6.45, 7) is 6.29. The highest BCUT2D eigenvalue weighted by atomic mass is 16.6. The summed E-state index contributed by atoms with van der Waals surface area (Å²) >= 11 is 0. The lowest BCUT2D eigenvalue weighted by Gasteiger charge is -2.28. The molecular formula is C18H18N2O4. The van der Waals surface area contributed by atoms with Gasteiger partial charge in [0, 0.05) is 29.7 Å². The number of hydrogen-bond acceptors (Lipinski definition) is 4. The highest BCUT2D eigenvalue weighted by Crippen LogP contribution is 2.53. The third-order valence-electron chi connectivity index (χ3n) is 5.05. The molecule has 1 atom stereocenters. The van der Waals surface area contributed by atoms with E-state index in [1.54, 1.807) is 24.3 Å². The van der Waals surface area contributed by atoms with E-state index in [2.05, 4.69) is 13.8 Å². The van der Waals surface area contributed by atoms with Crippen molar-refractivity contribution in [3.8, 4) is 0 Å². The Bertz CT molecular complexity index is 843. The topological polar surface area (TPSA) is 86.3 Å². The van der Waals surface area contributed by atoms with Crippen LogP contribution in [0, 0.1) is 20.2 Å². The van der Waals surface area contributed by atoms with E-state index in [9.17, 15) is 20.2 Å². The Balaban J connectivity index is 2.17. The maximum absolute atomic E-state index is 11.2. The van der Waals surface area contributed by atoms with Gasteiger partial charge in [0.1, 0.15) is 0 Å². The summed E-state index contributed by atoms with van der Waals surface area (Å²) in [5.74, 6) is 0. The molecule has 6 nitrogen and oxygen atoms in total. The van der Waals surface area contributed by atoms with E-state index >= 15 is 0 Å². The Morgan fingerprint density at radius 2 is 1.38 bits per heavy atom. The molecular weight excluding hydrogens is 308 g/mol. The van der Waals surface area contributed by atoms with Gasteiger partial charge in [-0.15, -0.1) is 0 Å². The Kier molecular flexibility index (Phi) is 3.44. The van der Waals surface area contributed by atoms with Crippen molar-refractivity contribution in [1.29, 1.82) is 0 Å². The monoisotopic (exact) mass is 326 g/mol. The molecule has 1 aliphatic rings. The molecule has 0 heterocycles. The molecule has 0 radical (unpaired) electrons. The molecule has 2 aromatic rings. The number of benzene rings is 2. The second-order valence-electron chi connectivity index (χ2n) is 7.18. The Morgan fingerprint density at radius 1 is 0.833 bits per heavy atom. The van der Waals surface area contributed by atoms with Gasteiger partial charge < -0.3 is 0 Å². The van der Waals surface area contributed by atoms with Gasteiger partial charge in [0.05, 0.1) is 9.85 Å². The molecule has 0 amide bonds. The minimum absolute atomic E-state index is 0.0406. The van der Waals surface area contributed by atoms with Crippen LogP contribution in [0.1, 0.15) is 43.9 Å². The predicted molar refractivity (Wildman–Crippen MR) is 90.3 cm³/mol. The van der Waals surface area contributed by atoms with Gasteiger partial charge in [-0.1, -0.05) is 39.0 Å². The van der Waals surface area contributed by atoms with Crippen LogP contribution in [0.2, 0.25) is 0 Å². The minimum atomic E-state index is -0.427. The summed E-state index contributed by atoms with van der Waals surface area (Å²) < 4.78 is 0. The molecule has 0 bridgehead atoms. The van der Waals surface area contributed by atoms with Crippen LogP contribution in [0.25, 0.3) is 0 Å². The summed E-state index contributed by atoms with van der Waals surface area (Å²) in [6, 6.07) is 11.5.